The van der Waals surface area contributed by atoms with Gasteiger partial charge in [-0.1, -0.05) is 18.2 Å². The van der Waals surface area contributed by atoms with Gasteiger partial charge in [0.25, 0.3) is 0 Å². The fourth-order valence-corrected chi connectivity index (χ4v) is 3.75. The Kier molecular flexibility index (Phi) is 2.84. The zero-order valence-electron chi connectivity index (χ0n) is 11.6. The molecule has 104 valence electrons. The first-order valence-corrected chi connectivity index (χ1v) is 7.52. The van der Waals surface area contributed by atoms with Crippen molar-refractivity contribution < 1.29 is 0 Å². The van der Waals surface area contributed by atoms with Crippen molar-refractivity contribution in [2.24, 2.45) is 17.6 Å². The first-order chi connectivity index (χ1) is 9.79. The van der Waals surface area contributed by atoms with E-state index in [9.17, 15) is 0 Å². The lowest BCUT2D eigenvalue weighted by Gasteiger charge is -2.27. The molecule has 3 atom stereocenters. The molecule has 20 heavy (non-hydrogen) atoms. The molecule has 1 aromatic heterocycles. The summed E-state index contributed by atoms with van der Waals surface area (Å²) < 4.78 is 0. The summed E-state index contributed by atoms with van der Waals surface area (Å²) in [6.45, 7) is 2.16. The van der Waals surface area contributed by atoms with Crippen molar-refractivity contribution in [3.8, 4) is 0 Å². The molecule has 1 unspecified atom stereocenters. The second-order valence-electron chi connectivity index (χ2n) is 6.23. The number of nitrogens with zero attached hydrogens (tertiary/aromatic N) is 3. The monoisotopic (exact) mass is 268 g/mol. The Morgan fingerprint density at radius 2 is 1.95 bits per heavy atom. The topological polar surface area (TPSA) is 55.0 Å². The number of fused-ring (bicyclic) bond motifs is 2. The first kappa shape index (κ1) is 12.1. The Labute approximate surface area is 119 Å². The maximum Gasteiger partial charge on any atom is 0.225 e. The Morgan fingerprint density at radius 3 is 2.90 bits per heavy atom. The normalized spacial score (nSPS) is 29.6. The van der Waals surface area contributed by atoms with E-state index >= 15 is 0 Å². The summed E-state index contributed by atoms with van der Waals surface area (Å²) in [4.78, 5) is 11.6. The van der Waals surface area contributed by atoms with Gasteiger partial charge in [-0.3, -0.25) is 0 Å². The van der Waals surface area contributed by atoms with Crippen LogP contribution in [0.15, 0.2) is 30.5 Å². The van der Waals surface area contributed by atoms with Crippen LogP contribution in [0.4, 0.5) is 5.95 Å². The van der Waals surface area contributed by atoms with Gasteiger partial charge < -0.3 is 10.6 Å². The van der Waals surface area contributed by atoms with Crippen LogP contribution in [0.5, 0.6) is 0 Å². The average Bonchev–Trinajstić information content (AvgIpc) is 2.89. The molecule has 2 heterocycles. The summed E-state index contributed by atoms with van der Waals surface area (Å²) in [6.07, 6.45) is 5.53. The molecule has 1 saturated heterocycles. The van der Waals surface area contributed by atoms with Crippen LogP contribution in [0.3, 0.4) is 0 Å². The maximum atomic E-state index is 6.10. The average molecular weight is 268 g/mol. The summed E-state index contributed by atoms with van der Waals surface area (Å²) >= 11 is 0. The van der Waals surface area contributed by atoms with Crippen molar-refractivity contribution in [2.45, 2.75) is 25.3 Å². The van der Waals surface area contributed by atoms with Gasteiger partial charge >= 0.3 is 0 Å². The van der Waals surface area contributed by atoms with E-state index in [0.717, 1.165) is 48.2 Å². The minimum atomic E-state index is 0.397. The van der Waals surface area contributed by atoms with Crippen molar-refractivity contribution >= 4 is 16.9 Å². The molecule has 1 saturated carbocycles. The second-order valence-corrected chi connectivity index (χ2v) is 6.23. The molecule has 1 aliphatic heterocycles. The van der Waals surface area contributed by atoms with E-state index in [4.69, 9.17) is 10.7 Å². The van der Waals surface area contributed by atoms with Crippen LogP contribution in [0, 0.1) is 11.8 Å². The minimum absolute atomic E-state index is 0.397. The smallest absolute Gasteiger partial charge is 0.225 e. The van der Waals surface area contributed by atoms with Gasteiger partial charge in [-0.15, -0.1) is 0 Å². The SMILES string of the molecule is NC1CC[C@@H]2CN(c3ncc4ccccc4n3)C[C@@H]2C1. The van der Waals surface area contributed by atoms with Crippen molar-refractivity contribution in [3.05, 3.63) is 30.5 Å². The number of para-hydroxylation sites is 1. The fourth-order valence-electron chi connectivity index (χ4n) is 3.75. The number of nitrogens with two attached hydrogens (primary N) is 1. The quantitative estimate of drug-likeness (QED) is 0.861. The Bertz CT molecular complexity index is 627. The fraction of sp³-hybridized carbons (Fsp3) is 0.500. The van der Waals surface area contributed by atoms with Crippen molar-refractivity contribution in [1.82, 2.24) is 9.97 Å². The molecular formula is C16H20N4. The molecular weight excluding hydrogens is 248 g/mol. The molecule has 0 amide bonds. The summed E-state index contributed by atoms with van der Waals surface area (Å²) in [7, 11) is 0. The molecule has 2 aromatic rings. The highest BCUT2D eigenvalue weighted by atomic mass is 15.3. The molecule has 1 aliphatic carbocycles. The van der Waals surface area contributed by atoms with Crippen LogP contribution in [0.25, 0.3) is 10.9 Å². The Hall–Kier alpha value is -1.68. The number of rotatable bonds is 1. The van der Waals surface area contributed by atoms with Gasteiger partial charge in [-0.2, -0.15) is 0 Å². The zero-order chi connectivity index (χ0) is 13.5. The Morgan fingerprint density at radius 1 is 1.10 bits per heavy atom. The maximum absolute atomic E-state index is 6.10. The number of hydrogen-bond donors (Lipinski definition) is 1. The van der Waals surface area contributed by atoms with Crippen LogP contribution in [0.1, 0.15) is 19.3 Å². The molecule has 4 rings (SSSR count). The molecule has 4 nitrogen and oxygen atoms in total. The summed E-state index contributed by atoms with van der Waals surface area (Å²) in [6, 6.07) is 8.56. The molecule has 2 N–H and O–H groups in total. The summed E-state index contributed by atoms with van der Waals surface area (Å²) in [5.41, 5.74) is 7.13. The van der Waals surface area contributed by atoms with Crippen molar-refractivity contribution in [1.29, 1.82) is 0 Å². The molecule has 2 aliphatic rings. The largest absolute Gasteiger partial charge is 0.340 e. The third kappa shape index (κ3) is 2.04. The number of aromatic nitrogens is 2. The van der Waals surface area contributed by atoms with Gasteiger partial charge in [0.2, 0.25) is 5.95 Å². The molecule has 4 heteroatoms. The predicted octanol–water partition coefficient (Wildman–Crippen LogP) is 2.19. The highest BCUT2D eigenvalue weighted by Gasteiger charge is 2.37. The van der Waals surface area contributed by atoms with Crippen LogP contribution in [0.2, 0.25) is 0 Å². The minimum Gasteiger partial charge on any atom is -0.340 e. The standard InChI is InChI=1S/C16H20N4/c17-14-6-5-12-9-20(10-13(12)7-14)16-18-8-11-3-1-2-4-15(11)19-16/h1-4,8,12-14H,5-7,9-10,17H2/t12-,13+,14?/m1/s1. The summed E-state index contributed by atoms with van der Waals surface area (Å²) in [5, 5.41) is 1.11. The lowest BCUT2D eigenvalue weighted by Crippen LogP contribution is -2.32. The summed E-state index contributed by atoms with van der Waals surface area (Å²) in [5.74, 6) is 2.39. The van der Waals surface area contributed by atoms with E-state index < -0.39 is 0 Å². The van der Waals surface area contributed by atoms with Gasteiger partial charge in [0.15, 0.2) is 0 Å². The predicted molar refractivity (Wildman–Crippen MR) is 80.6 cm³/mol. The molecule has 0 bridgehead atoms. The van der Waals surface area contributed by atoms with Gasteiger partial charge in [-0.05, 0) is 37.2 Å². The van der Waals surface area contributed by atoms with E-state index in [1.54, 1.807) is 0 Å². The number of hydrogen-bond acceptors (Lipinski definition) is 4. The van der Waals surface area contributed by atoms with E-state index in [-0.39, 0.29) is 0 Å². The molecule has 0 radical (unpaired) electrons. The lowest BCUT2D eigenvalue weighted by atomic mass is 9.79. The Balaban J connectivity index is 1.60. The van der Waals surface area contributed by atoms with Gasteiger partial charge in [0.1, 0.15) is 0 Å². The molecule has 1 aromatic carbocycles. The van der Waals surface area contributed by atoms with E-state index in [1.165, 1.54) is 12.8 Å². The van der Waals surface area contributed by atoms with Crippen LogP contribution in [-0.2, 0) is 0 Å². The van der Waals surface area contributed by atoms with E-state index in [2.05, 4.69) is 22.0 Å². The second kappa shape index (κ2) is 4.70. The highest BCUT2D eigenvalue weighted by Crippen LogP contribution is 2.36. The van der Waals surface area contributed by atoms with Gasteiger partial charge in [-0.25, -0.2) is 9.97 Å². The first-order valence-electron chi connectivity index (χ1n) is 7.52. The van der Waals surface area contributed by atoms with Crippen LogP contribution in [-0.4, -0.2) is 29.1 Å². The third-order valence-corrected chi connectivity index (χ3v) is 4.85. The van der Waals surface area contributed by atoms with Crippen molar-refractivity contribution in [2.75, 3.05) is 18.0 Å². The van der Waals surface area contributed by atoms with E-state index in [0.29, 0.717) is 6.04 Å². The number of anilines is 1. The third-order valence-electron chi connectivity index (χ3n) is 4.85. The number of benzene rings is 1. The van der Waals surface area contributed by atoms with Crippen LogP contribution >= 0.6 is 0 Å². The van der Waals surface area contributed by atoms with Crippen LogP contribution < -0.4 is 10.6 Å². The molecule has 0 spiro atoms. The molecule has 2 fully saturated rings. The van der Waals surface area contributed by atoms with E-state index in [1.807, 2.05) is 18.3 Å². The zero-order valence-corrected chi connectivity index (χ0v) is 11.6. The lowest BCUT2D eigenvalue weighted by molar-refractivity contribution is 0.271. The van der Waals surface area contributed by atoms with Crippen molar-refractivity contribution in [3.63, 3.8) is 0 Å². The highest BCUT2D eigenvalue weighted by molar-refractivity contribution is 5.78. The van der Waals surface area contributed by atoms with Gasteiger partial charge in [0, 0.05) is 30.7 Å². The van der Waals surface area contributed by atoms with Gasteiger partial charge in [0.05, 0.1) is 5.52 Å².